The van der Waals surface area contributed by atoms with E-state index in [9.17, 15) is 4.79 Å². The predicted octanol–water partition coefficient (Wildman–Crippen LogP) is 4.24. The first-order chi connectivity index (χ1) is 12.6. The van der Waals surface area contributed by atoms with Crippen LogP contribution in [-0.4, -0.2) is 24.1 Å². The second-order valence-electron chi connectivity index (χ2n) is 6.59. The van der Waals surface area contributed by atoms with Crippen LogP contribution in [0.25, 0.3) is 10.9 Å². The molecule has 26 heavy (non-hydrogen) atoms. The first-order valence-electron chi connectivity index (χ1n) is 9.08. The summed E-state index contributed by atoms with van der Waals surface area (Å²) in [4.78, 5) is 12.5. The molecule has 0 bridgehead atoms. The Morgan fingerprint density at radius 2 is 1.88 bits per heavy atom. The van der Waals surface area contributed by atoms with E-state index in [-0.39, 0.29) is 11.8 Å². The maximum atomic E-state index is 12.5. The molecule has 4 nitrogen and oxygen atoms in total. The lowest BCUT2D eigenvalue weighted by Crippen LogP contribution is -2.26. The van der Waals surface area contributed by atoms with Crippen LogP contribution >= 0.6 is 0 Å². The third-order valence-electron chi connectivity index (χ3n) is 4.78. The van der Waals surface area contributed by atoms with Crippen molar-refractivity contribution in [2.75, 3.05) is 13.7 Å². The summed E-state index contributed by atoms with van der Waals surface area (Å²) >= 11 is 0. The largest absolute Gasteiger partial charge is 0.497 e. The zero-order valence-electron chi connectivity index (χ0n) is 15.7. The number of hydrogen-bond donors (Lipinski definition) is 1. The number of benzene rings is 2. The van der Waals surface area contributed by atoms with Crippen molar-refractivity contribution in [2.24, 2.45) is 7.05 Å². The van der Waals surface area contributed by atoms with Crippen LogP contribution in [0.2, 0.25) is 0 Å². The fraction of sp³-hybridized carbons (Fsp3) is 0.318. The van der Waals surface area contributed by atoms with E-state index >= 15 is 0 Å². The summed E-state index contributed by atoms with van der Waals surface area (Å²) < 4.78 is 7.41. The molecule has 1 atom stereocenters. The molecule has 0 radical (unpaired) electrons. The van der Waals surface area contributed by atoms with Gasteiger partial charge in [-0.25, -0.2) is 0 Å². The second-order valence-corrected chi connectivity index (χ2v) is 6.59. The Morgan fingerprint density at radius 1 is 1.15 bits per heavy atom. The van der Waals surface area contributed by atoms with Gasteiger partial charge in [-0.3, -0.25) is 4.79 Å². The van der Waals surface area contributed by atoms with E-state index in [1.165, 1.54) is 16.5 Å². The van der Waals surface area contributed by atoms with E-state index in [4.69, 9.17) is 4.74 Å². The smallest absolute Gasteiger partial charge is 0.220 e. The van der Waals surface area contributed by atoms with Crippen molar-refractivity contribution in [1.82, 2.24) is 9.88 Å². The minimum absolute atomic E-state index is 0.00358. The Hall–Kier alpha value is -2.75. The van der Waals surface area contributed by atoms with Gasteiger partial charge in [0.1, 0.15) is 5.75 Å². The summed E-state index contributed by atoms with van der Waals surface area (Å²) in [6.45, 7) is 2.77. The van der Waals surface area contributed by atoms with Crippen molar-refractivity contribution in [3.8, 4) is 5.75 Å². The third kappa shape index (κ3) is 3.74. The molecule has 0 aliphatic carbocycles. The van der Waals surface area contributed by atoms with E-state index in [1.807, 2.05) is 31.3 Å². The monoisotopic (exact) mass is 350 g/mol. The summed E-state index contributed by atoms with van der Waals surface area (Å²) in [5, 5.41) is 4.20. The van der Waals surface area contributed by atoms with E-state index in [0.717, 1.165) is 17.7 Å². The minimum Gasteiger partial charge on any atom is -0.497 e. The number of aryl methyl sites for hydroxylation is 1. The number of carbonyl (C=O) groups excluding carboxylic acids is 1. The van der Waals surface area contributed by atoms with Crippen LogP contribution < -0.4 is 10.1 Å². The molecule has 0 fully saturated rings. The van der Waals surface area contributed by atoms with Gasteiger partial charge < -0.3 is 14.6 Å². The topological polar surface area (TPSA) is 43.3 Å². The normalized spacial score (nSPS) is 12.1. The molecule has 1 N–H and O–H groups in total. The molecule has 4 heteroatoms. The molecule has 2 aromatic carbocycles. The molecule has 1 amide bonds. The van der Waals surface area contributed by atoms with Crippen LogP contribution in [0.1, 0.15) is 36.8 Å². The number of methoxy groups -OCH3 is 1. The van der Waals surface area contributed by atoms with Crippen molar-refractivity contribution in [3.05, 3.63) is 65.9 Å². The first kappa shape index (κ1) is 18.1. The van der Waals surface area contributed by atoms with E-state index in [2.05, 4.69) is 47.3 Å². The minimum atomic E-state index is 0.00358. The van der Waals surface area contributed by atoms with Gasteiger partial charge in [0.15, 0.2) is 0 Å². The maximum absolute atomic E-state index is 12.5. The molecule has 1 unspecified atom stereocenters. The van der Waals surface area contributed by atoms with Crippen molar-refractivity contribution in [1.29, 1.82) is 0 Å². The number of fused-ring (bicyclic) bond motifs is 1. The first-order valence-corrected chi connectivity index (χ1v) is 9.08. The number of amides is 1. The number of nitrogens with zero attached hydrogens (tertiary/aromatic N) is 1. The lowest BCUT2D eigenvalue weighted by atomic mass is 9.88. The van der Waals surface area contributed by atoms with Gasteiger partial charge in [0, 0.05) is 43.0 Å². The molecular formula is C22H26N2O2. The van der Waals surface area contributed by atoms with Crippen LogP contribution in [0.5, 0.6) is 5.75 Å². The number of carbonyl (C=O) groups is 1. The van der Waals surface area contributed by atoms with Gasteiger partial charge in [0.05, 0.1) is 7.11 Å². The lowest BCUT2D eigenvalue weighted by Gasteiger charge is -2.17. The van der Waals surface area contributed by atoms with Gasteiger partial charge in [-0.1, -0.05) is 37.3 Å². The fourth-order valence-corrected chi connectivity index (χ4v) is 3.42. The second kappa shape index (κ2) is 8.09. The molecule has 1 heterocycles. The Morgan fingerprint density at radius 3 is 2.58 bits per heavy atom. The Labute approximate surface area is 154 Å². The number of para-hydroxylation sites is 1. The summed E-state index contributed by atoms with van der Waals surface area (Å²) in [6, 6.07) is 16.4. The molecular weight excluding hydrogens is 324 g/mol. The summed E-state index contributed by atoms with van der Waals surface area (Å²) in [5.41, 5.74) is 3.48. The molecule has 136 valence electrons. The van der Waals surface area contributed by atoms with Crippen molar-refractivity contribution in [3.63, 3.8) is 0 Å². The summed E-state index contributed by atoms with van der Waals surface area (Å²) in [5.74, 6) is 0.908. The highest BCUT2D eigenvalue weighted by Crippen LogP contribution is 2.35. The molecule has 0 saturated heterocycles. The zero-order valence-corrected chi connectivity index (χ0v) is 15.7. The number of aromatic nitrogens is 1. The van der Waals surface area contributed by atoms with E-state index in [1.54, 1.807) is 7.11 Å². The summed E-state index contributed by atoms with van der Waals surface area (Å²) in [7, 11) is 3.71. The molecule has 0 aliphatic heterocycles. The lowest BCUT2D eigenvalue weighted by molar-refractivity contribution is -0.121. The highest BCUT2D eigenvalue weighted by atomic mass is 16.5. The molecule has 0 saturated carbocycles. The van der Waals surface area contributed by atoms with E-state index < -0.39 is 0 Å². The van der Waals surface area contributed by atoms with Crippen LogP contribution in [-0.2, 0) is 11.8 Å². The van der Waals surface area contributed by atoms with Crippen LogP contribution in [0.15, 0.2) is 54.7 Å². The van der Waals surface area contributed by atoms with Gasteiger partial charge in [0.2, 0.25) is 5.91 Å². The van der Waals surface area contributed by atoms with E-state index in [0.29, 0.717) is 13.0 Å². The average Bonchev–Trinajstić information content (AvgIpc) is 3.01. The van der Waals surface area contributed by atoms with Crippen LogP contribution in [0, 0.1) is 0 Å². The van der Waals surface area contributed by atoms with Crippen molar-refractivity contribution >= 4 is 16.8 Å². The third-order valence-corrected chi connectivity index (χ3v) is 4.78. The van der Waals surface area contributed by atoms with Crippen LogP contribution in [0.3, 0.4) is 0 Å². The number of rotatable bonds is 7. The Kier molecular flexibility index (Phi) is 5.61. The van der Waals surface area contributed by atoms with Crippen LogP contribution in [0.4, 0.5) is 0 Å². The predicted molar refractivity (Wildman–Crippen MR) is 106 cm³/mol. The molecule has 0 spiro atoms. The van der Waals surface area contributed by atoms with Crippen molar-refractivity contribution < 1.29 is 9.53 Å². The molecule has 1 aromatic heterocycles. The Balaban J connectivity index is 2.02. The molecule has 3 rings (SSSR count). The fourth-order valence-electron chi connectivity index (χ4n) is 3.42. The summed E-state index contributed by atoms with van der Waals surface area (Å²) in [6.07, 6.45) is 3.51. The van der Waals surface area contributed by atoms with Gasteiger partial charge in [0.25, 0.3) is 0 Å². The molecule has 0 aliphatic rings. The zero-order chi connectivity index (χ0) is 18.5. The van der Waals surface area contributed by atoms with Gasteiger partial charge >= 0.3 is 0 Å². The number of hydrogen-bond acceptors (Lipinski definition) is 2. The number of nitrogens with one attached hydrogen (secondary N) is 1. The average molecular weight is 350 g/mol. The van der Waals surface area contributed by atoms with Crippen molar-refractivity contribution in [2.45, 2.75) is 25.7 Å². The molecule has 3 aromatic rings. The van der Waals surface area contributed by atoms with Gasteiger partial charge in [-0.15, -0.1) is 0 Å². The maximum Gasteiger partial charge on any atom is 0.220 e. The van der Waals surface area contributed by atoms with Gasteiger partial charge in [-0.2, -0.15) is 0 Å². The highest BCUT2D eigenvalue weighted by Gasteiger charge is 2.22. The Bertz CT molecular complexity index is 881. The SMILES string of the molecule is CCCNC(=O)CC(c1ccc(OC)cc1)c1cn(C)c2ccccc12. The highest BCUT2D eigenvalue weighted by molar-refractivity contribution is 5.86. The standard InChI is InChI=1S/C22H26N2O2/c1-4-13-23-22(25)14-19(16-9-11-17(26-3)12-10-16)20-15-24(2)21-8-6-5-7-18(20)21/h5-12,15,19H,4,13-14H2,1-3H3,(H,23,25). The van der Waals surface area contributed by atoms with Gasteiger partial charge in [-0.05, 0) is 35.7 Å². The number of ether oxygens (including phenoxy) is 1. The quantitative estimate of drug-likeness (QED) is 0.693.